The second-order valence-corrected chi connectivity index (χ2v) is 6.95. The minimum Gasteiger partial charge on any atom is -0.341 e. The second kappa shape index (κ2) is 7.72. The van der Waals surface area contributed by atoms with Crippen molar-refractivity contribution in [3.8, 4) is 0 Å². The summed E-state index contributed by atoms with van der Waals surface area (Å²) in [4.78, 5) is 39.4. The van der Waals surface area contributed by atoms with Gasteiger partial charge in [-0.1, -0.05) is 47.7 Å². The van der Waals surface area contributed by atoms with Crippen LogP contribution >= 0.6 is 0 Å². The third-order valence-electron chi connectivity index (χ3n) is 5.19. The summed E-state index contributed by atoms with van der Waals surface area (Å²) >= 11 is 0. The van der Waals surface area contributed by atoms with Gasteiger partial charge in [-0.2, -0.15) is 0 Å². The molecule has 2 heterocycles. The number of aromatic nitrogens is 3. The number of carbonyl (C=O) groups excluding carboxylic acids is 2. The highest BCUT2D eigenvalue weighted by Gasteiger charge is 2.28. The lowest BCUT2D eigenvalue weighted by atomic mass is 9.89. The number of Topliss-reactive ketones (excluding diaryl/α,β-unsaturated/α-hetero) is 1. The summed E-state index contributed by atoms with van der Waals surface area (Å²) in [5.74, 6) is -0.128. The number of amides is 1. The maximum absolute atomic E-state index is 12.6. The number of hydrogen-bond acceptors (Lipinski definition) is 5. The molecule has 0 saturated carbocycles. The van der Waals surface area contributed by atoms with Gasteiger partial charge in [0.2, 0.25) is 5.91 Å². The summed E-state index contributed by atoms with van der Waals surface area (Å²) in [7, 11) is 0. The Morgan fingerprint density at radius 2 is 1.64 bits per heavy atom. The van der Waals surface area contributed by atoms with Crippen LogP contribution in [0.1, 0.15) is 23.2 Å². The largest absolute Gasteiger partial charge is 0.341 e. The van der Waals surface area contributed by atoms with Crippen LogP contribution in [0.15, 0.2) is 59.4 Å². The summed E-state index contributed by atoms with van der Waals surface area (Å²) < 4.78 is 1.10. The van der Waals surface area contributed by atoms with Crippen LogP contribution in [0.2, 0.25) is 0 Å². The van der Waals surface area contributed by atoms with E-state index in [9.17, 15) is 14.4 Å². The Bertz CT molecular complexity index is 1070. The van der Waals surface area contributed by atoms with Crippen molar-refractivity contribution in [3.05, 3.63) is 70.5 Å². The van der Waals surface area contributed by atoms with Crippen LogP contribution in [0.4, 0.5) is 0 Å². The molecule has 1 saturated heterocycles. The number of likely N-dealkylation sites (tertiary alicyclic amines) is 1. The minimum atomic E-state index is -0.326. The maximum Gasteiger partial charge on any atom is 0.278 e. The first kappa shape index (κ1) is 18.0. The monoisotopic (exact) mass is 376 g/mol. The van der Waals surface area contributed by atoms with Crippen molar-refractivity contribution >= 4 is 22.6 Å². The first-order valence-corrected chi connectivity index (χ1v) is 9.33. The first-order chi connectivity index (χ1) is 13.6. The smallest absolute Gasteiger partial charge is 0.278 e. The van der Waals surface area contributed by atoms with Gasteiger partial charge in [-0.05, 0) is 25.0 Å². The van der Waals surface area contributed by atoms with E-state index in [4.69, 9.17) is 0 Å². The third kappa shape index (κ3) is 3.55. The van der Waals surface area contributed by atoms with E-state index in [1.807, 2.05) is 30.3 Å². The number of ketones is 1. The van der Waals surface area contributed by atoms with Crippen molar-refractivity contribution in [2.75, 3.05) is 13.1 Å². The molecule has 0 unspecified atom stereocenters. The molecule has 3 aromatic rings. The number of rotatable bonds is 4. The van der Waals surface area contributed by atoms with Gasteiger partial charge in [-0.3, -0.25) is 14.4 Å². The van der Waals surface area contributed by atoms with Crippen LogP contribution in [0, 0.1) is 5.92 Å². The maximum atomic E-state index is 12.6. The molecule has 142 valence electrons. The Morgan fingerprint density at radius 1 is 0.964 bits per heavy atom. The number of nitrogens with zero attached hydrogens (tertiary/aromatic N) is 4. The zero-order valence-corrected chi connectivity index (χ0v) is 15.3. The van der Waals surface area contributed by atoms with Gasteiger partial charge < -0.3 is 4.90 Å². The van der Waals surface area contributed by atoms with Gasteiger partial charge in [-0.25, -0.2) is 4.68 Å². The predicted molar refractivity (Wildman–Crippen MR) is 104 cm³/mol. The molecule has 0 atom stereocenters. The lowest BCUT2D eigenvalue weighted by molar-refractivity contribution is -0.133. The lowest BCUT2D eigenvalue weighted by Gasteiger charge is -2.31. The van der Waals surface area contributed by atoms with Crippen LogP contribution in [-0.4, -0.2) is 44.7 Å². The molecule has 0 radical (unpaired) electrons. The van der Waals surface area contributed by atoms with E-state index < -0.39 is 0 Å². The molecule has 0 aliphatic carbocycles. The molecule has 1 aromatic heterocycles. The molecule has 0 bridgehead atoms. The van der Waals surface area contributed by atoms with E-state index in [0.717, 1.165) is 4.68 Å². The van der Waals surface area contributed by atoms with Gasteiger partial charge in [0.15, 0.2) is 5.78 Å². The molecule has 4 rings (SSSR count). The fourth-order valence-corrected chi connectivity index (χ4v) is 3.58. The van der Waals surface area contributed by atoms with E-state index in [-0.39, 0.29) is 29.7 Å². The highest BCUT2D eigenvalue weighted by molar-refractivity contribution is 5.98. The van der Waals surface area contributed by atoms with Crippen LogP contribution in [0.3, 0.4) is 0 Å². The van der Waals surface area contributed by atoms with E-state index in [1.54, 1.807) is 29.2 Å². The number of fused-ring (bicyclic) bond motifs is 1. The zero-order valence-electron chi connectivity index (χ0n) is 15.3. The molecule has 1 fully saturated rings. The molecule has 7 nitrogen and oxygen atoms in total. The molecule has 2 aromatic carbocycles. The van der Waals surface area contributed by atoms with E-state index >= 15 is 0 Å². The highest BCUT2D eigenvalue weighted by atomic mass is 16.2. The zero-order chi connectivity index (χ0) is 19.5. The quantitative estimate of drug-likeness (QED) is 0.650. The summed E-state index contributed by atoms with van der Waals surface area (Å²) in [6.07, 6.45) is 1.25. The minimum absolute atomic E-state index is 0.0744. The Morgan fingerprint density at radius 3 is 2.39 bits per heavy atom. The fourth-order valence-electron chi connectivity index (χ4n) is 3.58. The van der Waals surface area contributed by atoms with Gasteiger partial charge in [-0.15, -0.1) is 5.10 Å². The van der Waals surface area contributed by atoms with E-state index in [2.05, 4.69) is 10.3 Å². The lowest BCUT2D eigenvalue weighted by Crippen LogP contribution is -2.43. The van der Waals surface area contributed by atoms with Gasteiger partial charge in [0.25, 0.3) is 5.56 Å². The molecular formula is C21H20N4O3. The fraction of sp³-hybridized carbons (Fsp3) is 0.286. The van der Waals surface area contributed by atoms with Gasteiger partial charge in [0, 0.05) is 24.6 Å². The molecule has 1 aliphatic rings. The Kier molecular flexibility index (Phi) is 4.97. The van der Waals surface area contributed by atoms with Crippen molar-refractivity contribution in [1.82, 2.24) is 19.9 Å². The van der Waals surface area contributed by atoms with Crippen LogP contribution in [0.5, 0.6) is 0 Å². The van der Waals surface area contributed by atoms with Gasteiger partial charge >= 0.3 is 0 Å². The summed E-state index contributed by atoms with van der Waals surface area (Å²) in [6.45, 7) is 0.851. The molecule has 0 spiro atoms. The summed E-state index contributed by atoms with van der Waals surface area (Å²) in [5.41, 5.74) is 0.898. The average Bonchev–Trinajstić information content (AvgIpc) is 2.76. The van der Waals surface area contributed by atoms with Crippen LogP contribution < -0.4 is 5.56 Å². The molecular weight excluding hydrogens is 356 g/mol. The summed E-state index contributed by atoms with van der Waals surface area (Å²) in [6, 6.07) is 16.2. The van der Waals surface area contributed by atoms with Crippen LogP contribution in [0.25, 0.3) is 10.9 Å². The Hall–Kier alpha value is -3.35. The Labute approximate surface area is 161 Å². The van der Waals surface area contributed by atoms with Crippen molar-refractivity contribution in [1.29, 1.82) is 0 Å². The van der Waals surface area contributed by atoms with Gasteiger partial charge in [0.05, 0.1) is 5.39 Å². The molecule has 1 amide bonds. The highest BCUT2D eigenvalue weighted by Crippen LogP contribution is 2.22. The normalized spacial score (nSPS) is 14.9. The molecule has 1 aliphatic heterocycles. The van der Waals surface area contributed by atoms with Crippen LogP contribution in [-0.2, 0) is 11.3 Å². The molecule has 28 heavy (non-hydrogen) atoms. The van der Waals surface area contributed by atoms with E-state index in [0.29, 0.717) is 42.4 Å². The Balaban J connectivity index is 1.40. The van der Waals surface area contributed by atoms with Crippen molar-refractivity contribution in [3.63, 3.8) is 0 Å². The second-order valence-electron chi connectivity index (χ2n) is 6.95. The van der Waals surface area contributed by atoms with E-state index in [1.165, 1.54) is 0 Å². The first-order valence-electron chi connectivity index (χ1n) is 9.33. The average molecular weight is 376 g/mol. The third-order valence-corrected chi connectivity index (χ3v) is 5.19. The number of benzene rings is 2. The van der Waals surface area contributed by atoms with Crippen molar-refractivity contribution < 1.29 is 9.59 Å². The summed E-state index contributed by atoms with van der Waals surface area (Å²) in [5, 5.41) is 8.33. The number of piperidine rings is 1. The SMILES string of the molecule is O=C(c1ccccc1)C1CCN(C(=O)Cn2nnc3ccccc3c2=O)CC1. The van der Waals surface area contributed by atoms with Crippen molar-refractivity contribution in [2.45, 2.75) is 19.4 Å². The molecule has 7 heteroatoms. The number of hydrogen-bond donors (Lipinski definition) is 0. The number of carbonyl (C=O) groups is 2. The van der Waals surface area contributed by atoms with Gasteiger partial charge in [0.1, 0.15) is 12.1 Å². The topological polar surface area (TPSA) is 85.2 Å². The standard InChI is InChI=1S/C21H20N4O3/c26-19(14-25-21(28)17-8-4-5-9-18(17)22-23-25)24-12-10-16(11-13-24)20(27)15-6-2-1-3-7-15/h1-9,16H,10-14H2. The predicted octanol–water partition coefficient (Wildman–Crippen LogP) is 1.91. The van der Waals surface area contributed by atoms with Crippen molar-refractivity contribution in [2.24, 2.45) is 5.92 Å². The molecule has 0 N–H and O–H groups in total.